The van der Waals surface area contributed by atoms with Crippen molar-refractivity contribution < 1.29 is 9.21 Å². The molecule has 2 heterocycles. The summed E-state index contributed by atoms with van der Waals surface area (Å²) in [5, 5.41) is 1.62. The number of pyridine rings is 1. The van der Waals surface area contributed by atoms with E-state index in [1.165, 1.54) is 0 Å². The largest absolute Gasteiger partial charge is 0.451 e. The minimum absolute atomic E-state index is 0.0110. The highest BCUT2D eigenvalue weighted by Crippen LogP contribution is 2.35. The minimum Gasteiger partial charge on any atom is -0.451 e. The van der Waals surface area contributed by atoms with Crippen LogP contribution in [0.25, 0.3) is 22.4 Å². The maximum absolute atomic E-state index is 12.4. The zero-order valence-corrected chi connectivity index (χ0v) is 17.6. The Morgan fingerprint density at radius 2 is 1.88 bits per heavy atom. The molecule has 0 N–H and O–H groups in total. The molecule has 1 atom stereocenters. The summed E-state index contributed by atoms with van der Waals surface area (Å²) in [4.78, 5) is 17.1. The molecule has 0 bridgehead atoms. The third-order valence-corrected chi connectivity index (χ3v) is 5.35. The zero-order valence-electron chi connectivity index (χ0n) is 15.7. The first-order valence-electron chi connectivity index (χ1n) is 8.62. The van der Waals surface area contributed by atoms with Crippen LogP contribution in [-0.4, -0.2) is 10.8 Å². The van der Waals surface area contributed by atoms with E-state index in [0.29, 0.717) is 21.9 Å². The Hall–Kier alpha value is -1.70. The molecule has 3 rings (SSSR count). The van der Waals surface area contributed by atoms with E-state index in [4.69, 9.17) is 21.0 Å². The fraction of sp³-hybridized carbons (Fsp3) is 0.333. The van der Waals surface area contributed by atoms with Gasteiger partial charge in [0, 0.05) is 28.1 Å². The van der Waals surface area contributed by atoms with Gasteiger partial charge in [0.1, 0.15) is 5.52 Å². The summed E-state index contributed by atoms with van der Waals surface area (Å²) in [6.07, 6.45) is 0. The van der Waals surface area contributed by atoms with Gasteiger partial charge in [-0.15, -0.1) is 9.24 Å². The third-order valence-electron chi connectivity index (χ3n) is 4.35. The van der Waals surface area contributed by atoms with Crippen molar-refractivity contribution in [3.63, 3.8) is 0 Å². The average Bonchev–Trinajstić information content (AvgIpc) is 2.98. The second-order valence-corrected chi connectivity index (χ2v) is 8.91. The second kappa shape index (κ2) is 6.79. The van der Waals surface area contributed by atoms with Gasteiger partial charge in [-0.25, -0.2) is 4.98 Å². The number of nitrogens with zero attached hydrogens (tertiary/aromatic N) is 1. The summed E-state index contributed by atoms with van der Waals surface area (Å²) >= 11 is 6.14. The number of rotatable bonds is 3. The van der Waals surface area contributed by atoms with E-state index in [0.717, 1.165) is 22.1 Å². The van der Waals surface area contributed by atoms with E-state index in [-0.39, 0.29) is 17.1 Å². The van der Waals surface area contributed by atoms with Gasteiger partial charge in [-0.2, -0.15) is 0 Å². The molecule has 0 aliphatic carbocycles. The van der Waals surface area contributed by atoms with Gasteiger partial charge in [0.15, 0.2) is 11.3 Å². The number of halogens is 1. The predicted molar refractivity (Wildman–Crippen MR) is 112 cm³/mol. The van der Waals surface area contributed by atoms with Gasteiger partial charge in [-0.1, -0.05) is 52.3 Å². The Balaban J connectivity index is 2.26. The second-order valence-electron chi connectivity index (χ2n) is 7.89. The quantitative estimate of drug-likeness (QED) is 0.422. The predicted octanol–water partition coefficient (Wildman–Crippen LogP) is 5.78. The Kier molecular flexibility index (Phi) is 4.98. The summed E-state index contributed by atoms with van der Waals surface area (Å²) in [5.41, 5.74) is 4.08. The number of Topliss-reactive ketones (excluding diaryl/α,β-unsaturated/α-hetero) is 1. The highest BCUT2D eigenvalue weighted by atomic mass is 35.5. The summed E-state index contributed by atoms with van der Waals surface area (Å²) in [6, 6.07) is 9.62. The van der Waals surface area contributed by atoms with E-state index in [2.05, 4.69) is 30.0 Å². The normalized spacial score (nSPS) is 12.2. The molecule has 3 nitrogen and oxygen atoms in total. The summed E-state index contributed by atoms with van der Waals surface area (Å²) in [6.45, 7) is 10.1. The zero-order chi connectivity index (χ0) is 19.2. The van der Waals surface area contributed by atoms with Crippen LogP contribution in [0.2, 0.25) is 5.02 Å². The number of hydrogen-bond donors (Lipinski definition) is 0. The molecule has 2 aromatic heterocycles. The Morgan fingerprint density at radius 3 is 2.46 bits per heavy atom. The van der Waals surface area contributed by atoms with E-state index in [9.17, 15) is 4.79 Å². The van der Waals surface area contributed by atoms with Gasteiger partial charge in [0.25, 0.3) is 0 Å². The van der Waals surface area contributed by atoms with Crippen molar-refractivity contribution >= 4 is 43.0 Å². The maximum Gasteiger partial charge on any atom is 0.200 e. The van der Waals surface area contributed by atoms with Crippen molar-refractivity contribution in [2.45, 2.75) is 40.0 Å². The van der Waals surface area contributed by atoms with E-state index < -0.39 is 0 Å². The summed E-state index contributed by atoms with van der Waals surface area (Å²) in [7, 11) is 2.64. The lowest BCUT2D eigenvalue weighted by Crippen LogP contribution is -2.12. The molecule has 3 aromatic rings. The van der Waals surface area contributed by atoms with Gasteiger partial charge in [0.05, 0.1) is 5.69 Å². The number of furan rings is 1. The van der Waals surface area contributed by atoms with Crippen LogP contribution in [-0.2, 0) is 5.41 Å². The van der Waals surface area contributed by atoms with Gasteiger partial charge >= 0.3 is 0 Å². The molecular formula is C21H23ClNO2P. The van der Waals surface area contributed by atoms with Crippen molar-refractivity contribution in [1.29, 1.82) is 0 Å². The summed E-state index contributed by atoms with van der Waals surface area (Å²) in [5.74, 6) is 0.236. The molecule has 0 saturated heterocycles. The van der Waals surface area contributed by atoms with Crippen LogP contribution in [0.4, 0.5) is 0 Å². The number of hydrogen-bond acceptors (Lipinski definition) is 3. The van der Waals surface area contributed by atoms with Crippen molar-refractivity contribution in [3.8, 4) is 11.3 Å². The molecule has 0 amide bonds. The molecule has 0 spiro atoms. The first-order valence-corrected chi connectivity index (χ1v) is 9.58. The lowest BCUT2D eigenvalue weighted by molar-refractivity contribution is 0.0913. The molecule has 26 heavy (non-hydrogen) atoms. The fourth-order valence-corrected chi connectivity index (χ4v) is 3.23. The highest BCUT2D eigenvalue weighted by molar-refractivity contribution is 7.28. The number of ketones is 1. The number of benzene rings is 1. The van der Waals surface area contributed by atoms with Crippen LogP contribution in [0.1, 0.15) is 50.7 Å². The SMILES string of the molecule is CC(C)C(=O)c1cc2nc(-c3ccc(Cl)c(P)c3)cc(C(C)(C)C)c2o1. The molecule has 0 fully saturated rings. The van der Waals surface area contributed by atoms with Crippen LogP contribution in [0, 0.1) is 5.92 Å². The van der Waals surface area contributed by atoms with E-state index >= 15 is 0 Å². The molecular weight excluding hydrogens is 365 g/mol. The van der Waals surface area contributed by atoms with Gasteiger partial charge in [-0.3, -0.25) is 4.79 Å². The molecule has 5 heteroatoms. The molecule has 136 valence electrons. The topological polar surface area (TPSA) is 43.1 Å². The minimum atomic E-state index is -0.151. The van der Waals surface area contributed by atoms with Crippen LogP contribution in [0.5, 0.6) is 0 Å². The number of fused-ring (bicyclic) bond motifs is 1. The first-order chi connectivity index (χ1) is 12.1. The number of aromatic nitrogens is 1. The Morgan fingerprint density at radius 1 is 1.19 bits per heavy atom. The highest BCUT2D eigenvalue weighted by Gasteiger charge is 2.24. The van der Waals surface area contributed by atoms with Crippen molar-refractivity contribution in [1.82, 2.24) is 4.98 Å². The molecule has 0 radical (unpaired) electrons. The Bertz CT molecular complexity index is 999. The van der Waals surface area contributed by atoms with Crippen molar-refractivity contribution in [2.75, 3.05) is 0 Å². The standard InChI is InChI=1S/C21H23ClNO2P/c1-11(2)19(24)17-10-16-20(25-17)13(21(3,4)5)9-15(23-16)12-6-7-14(22)18(26)8-12/h6-11H,26H2,1-5H3. The van der Waals surface area contributed by atoms with Crippen LogP contribution in [0.3, 0.4) is 0 Å². The van der Waals surface area contributed by atoms with Crippen molar-refractivity contribution in [2.24, 2.45) is 5.92 Å². The third kappa shape index (κ3) is 3.56. The molecule has 0 aliphatic rings. The number of carbonyl (C=O) groups excluding carboxylic acids is 1. The lowest BCUT2D eigenvalue weighted by atomic mass is 9.86. The van der Waals surface area contributed by atoms with Crippen LogP contribution in [0.15, 0.2) is 34.7 Å². The van der Waals surface area contributed by atoms with E-state index in [1.54, 1.807) is 6.07 Å². The summed E-state index contributed by atoms with van der Waals surface area (Å²) < 4.78 is 5.95. The van der Waals surface area contributed by atoms with Gasteiger partial charge in [-0.05, 0) is 28.9 Å². The van der Waals surface area contributed by atoms with Crippen LogP contribution < -0.4 is 5.30 Å². The smallest absolute Gasteiger partial charge is 0.200 e. The molecule has 1 unspecified atom stereocenters. The monoisotopic (exact) mass is 387 g/mol. The van der Waals surface area contributed by atoms with Crippen LogP contribution >= 0.6 is 20.8 Å². The van der Waals surface area contributed by atoms with Gasteiger partial charge in [0.2, 0.25) is 5.78 Å². The lowest BCUT2D eigenvalue weighted by Gasteiger charge is -2.20. The van der Waals surface area contributed by atoms with E-state index in [1.807, 2.05) is 38.1 Å². The maximum atomic E-state index is 12.4. The Labute approximate surface area is 161 Å². The number of carbonyl (C=O) groups is 1. The molecule has 1 aromatic carbocycles. The average molecular weight is 388 g/mol. The molecule has 0 saturated carbocycles. The first kappa shape index (κ1) is 19.1. The fourth-order valence-electron chi connectivity index (χ4n) is 2.84. The van der Waals surface area contributed by atoms with Gasteiger partial charge < -0.3 is 4.42 Å². The van der Waals surface area contributed by atoms with Crippen molar-refractivity contribution in [3.05, 3.63) is 46.7 Å². The molecule has 0 aliphatic heterocycles.